The number of rotatable bonds is 13. The van der Waals surface area contributed by atoms with Gasteiger partial charge in [0, 0.05) is 50.3 Å². The Hall–Kier alpha value is -3.44. The minimum Gasteiger partial charge on any atom is -0.494 e. The molecule has 228 valence electrons. The Balaban J connectivity index is 1.76. The third-order valence-electron chi connectivity index (χ3n) is 6.81. The molecule has 1 amide bonds. The fourth-order valence-electron chi connectivity index (χ4n) is 4.73. The number of sulfone groups is 1. The molecule has 3 rings (SSSR count). The highest BCUT2D eigenvalue weighted by atomic mass is 32.2. The Morgan fingerprint density at radius 3 is 2.29 bits per heavy atom. The van der Waals surface area contributed by atoms with Crippen LogP contribution >= 0.6 is 0 Å². The van der Waals surface area contributed by atoms with E-state index < -0.39 is 32.8 Å². The predicted octanol–water partition coefficient (Wildman–Crippen LogP) is 6.13. The van der Waals surface area contributed by atoms with Gasteiger partial charge in [0.2, 0.25) is 5.91 Å². The van der Waals surface area contributed by atoms with E-state index in [-0.39, 0.29) is 36.1 Å². The normalized spacial score (nSPS) is 12.4. The van der Waals surface area contributed by atoms with E-state index in [0.717, 1.165) is 17.9 Å². The van der Waals surface area contributed by atoms with Gasteiger partial charge in [-0.1, -0.05) is 62.4 Å². The van der Waals surface area contributed by atoms with Crippen molar-refractivity contribution < 1.29 is 35.5 Å². The van der Waals surface area contributed by atoms with Gasteiger partial charge in [-0.3, -0.25) is 9.69 Å². The van der Waals surface area contributed by atoms with E-state index in [0.29, 0.717) is 30.8 Å². The summed E-state index contributed by atoms with van der Waals surface area (Å²) in [5, 5.41) is 2.59. The number of halogens is 4. The summed E-state index contributed by atoms with van der Waals surface area (Å²) >= 11 is 0. The molecule has 0 saturated heterocycles. The second-order valence-corrected chi connectivity index (χ2v) is 12.9. The molecule has 1 N–H and O–H groups in total. The average molecular weight is 609 g/mol. The van der Waals surface area contributed by atoms with Gasteiger partial charge in [0.05, 0.1) is 17.1 Å². The standard InChI is InChI=1S/C31H36F4N2O4S/c1-22(38)36-19-23-14-15-26(18-28(23)42(4,39)40)41-17-9-16-37(21-30(2,3)25-11-6-5-7-12-25)20-24-10-8-13-27(29(24)32)31(33,34)35/h5-8,10-15,18H,9,16-17,19-21H2,1-4H3,(H,36,38). The van der Waals surface area contributed by atoms with Gasteiger partial charge < -0.3 is 10.1 Å². The van der Waals surface area contributed by atoms with Crippen molar-refractivity contribution in [3.8, 4) is 5.75 Å². The van der Waals surface area contributed by atoms with Crippen molar-refractivity contribution in [3.63, 3.8) is 0 Å². The predicted molar refractivity (Wildman–Crippen MR) is 153 cm³/mol. The van der Waals surface area contributed by atoms with Crippen molar-refractivity contribution in [2.24, 2.45) is 0 Å². The smallest absolute Gasteiger partial charge is 0.419 e. The van der Waals surface area contributed by atoms with Crippen LogP contribution in [-0.4, -0.2) is 45.2 Å². The van der Waals surface area contributed by atoms with Crippen LogP contribution in [0.5, 0.6) is 5.75 Å². The van der Waals surface area contributed by atoms with Gasteiger partial charge in [-0.2, -0.15) is 13.2 Å². The summed E-state index contributed by atoms with van der Waals surface area (Å²) < 4.78 is 85.4. The number of nitrogens with one attached hydrogen (secondary N) is 1. The number of nitrogens with zero attached hydrogens (tertiary/aromatic N) is 1. The van der Waals surface area contributed by atoms with E-state index in [1.54, 1.807) is 12.1 Å². The number of carbonyl (C=O) groups excluding carboxylic acids is 1. The summed E-state index contributed by atoms with van der Waals surface area (Å²) in [6.45, 7) is 6.38. The lowest BCUT2D eigenvalue weighted by atomic mass is 9.84. The van der Waals surface area contributed by atoms with E-state index in [1.807, 2.05) is 49.1 Å². The molecule has 0 unspecified atom stereocenters. The van der Waals surface area contributed by atoms with Crippen molar-refractivity contribution in [2.45, 2.75) is 56.8 Å². The Morgan fingerprint density at radius 1 is 0.976 bits per heavy atom. The van der Waals surface area contributed by atoms with E-state index >= 15 is 0 Å². The monoisotopic (exact) mass is 608 g/mol. The summed E-state index contributed by atoms with van der Waals surface area (Å²) in [5.74, 6) is -1.25. The third kappa shape index (κ3) is 9.29. The molecule has 0 fully saturated rings. The van der Waals surface area contributed by atoms with Crippen molar-refractivity contribution in [1.29, 1.82) is 0 Å². The van der Waals surface area contributed by atoms with E-state index in [2.05, 4.69) is 5.32 Å². The fourth-order valence-corrected chi connectivity index (χ4v) is 5.68. The van der Waals surface area contributed by atoms with Crippen molar-refractivity contribution in [1.82, 2.24) is 10.2 Å². The molecule has 0 aromatic heterocycles. The molecule has 0 spiro atoms. The minimum absolute atomic E-state index is 0.0396. The van der Waals surface area contributed by atoms with Gasteiger partial charge >= 0.3 is 6.18 Å². The van der Waals surface area contributed by atoms with Crippen LogP contribution < -0.4 is 10.1 Å². The van der Waals surface area contributed by atoms with Crippen molar-refractivity contribution >= 4 is 15.7 Å². The Kier molecular flexibility index (Phi) is 10.8. The second-order valence-electron chi connectivity index (χ2n) is 10.9. The fraction of sp³-hybridized carbons (Fsp3) is 0.387. The summed E-state index contributed by atoms with van der Waals surface area (Å²) in [6, 6.07) is 17.6. The molecule has 3 aromatic rings. The average Bonchev–Trinajstić information content (AvgIpc) is 2.90. The van der Waals surface area contributed by atoms with Gasteiger partial charge in [-0.25, -0.2) is 12.8 Å². The molecular formula is C31H36F4N2O4S. The first kappa shape index (κ1) is 33.1. The molecule has 0 radical (unpaired) electrons. The zero-order chi connectivity index (χ0) is 31.1. The SMILES string of the molecule is CC(=O)NCc1ccc(OCCCN(Cc2cccc(C(F)(F)F)c2F)CC(C)(C)c2ccccc2)cc1S(C)(=O)=O. The molecule has 42 heavy (non-hydrogen) atoms. The van der Waals surface area contributed by atoms with Gasteiger partial charge in [0.25, 0.3) is 0 Å². The Morgan fingerprint density at radius 2 is 1.67 bits per heavy atom. The lowest BCUT2D eigenvalue weighted by Gasteiger charge is -2.33. The quantitative estimate of drug-likeness (QED) is 0.187. The number of hydrogen-bond donors (Lipinski definition) is 1. The molecule has 6 nitrogen and oxygen atoms in total. The number of hydrogen-bond acceptors (Lipinski definition) is 5. The van der Waals surface area contributed by atoms with Crippen LogP contribution in [0.3, 0.4) is 0 Å². The molecular weight excluding hydrogens is 572 g/mol. The molecule has 0 atom stereocenters. The van der Waals surface area contributed by atoms with Crippen LogP contribution in [0.2, 0.25) is 0 Å². The minimum atomic E-state index is -4.80. The van der Waals surface area contributed by atoms with Crippen LogP contribution in [-0.2, 0) is 39.3 Å². The molecule has 0 bridgehead atoms. The number of alkyl halides is 3. The number of benzene rings is 3. The molecule has 0 saturated carbocycles. The van der Waals surface area contributed by atoms with Crippen LogP contribution in [0.25, 0.3) is 0 Å². The van der Waals surface area contributed by atoms with Crippen molar-refractivity contribution in [3.05, 3.63) is 94.8 Å². The third-order valence-corrected chi connectivity index (χ3v) is 7.98. The summed E-state index contributed by atoms with van der Waals surface area (Å²) in [4.78, 5) is 13.2. The van der Waals surface area contributed by atoms with E-state index in [1.165, 1.54) is 25.1 Å². The van der Waals surface area contributed by atoms with Gasteiger partial charge in [0.1, 0.15) is 11.6 Å². The number of amides is 1. The highest BCUT2D eigenvalue weighted by Crippen LogP contribution is 2.33. The zero-order valence-corrected chi connectivity index (χ0v) is 24.9. The van der Waals surface area contributed by atoms with Crippen LogP contribution in [0.1, 0.15) is 49.4 Å². The second kappa shape index (κ2) is 13.7. The molecule has 0 aliphatic rings. The van der Waals surface area contributed by atoms with Crippen LogP contribution in [0.15, 0.2) is 71.6 Å². The molecule has 3 aromatic carbocycles. The Bertz CT molecular complexity index is 1480. The van der Waals surface area contributed by atoms with Crippen LogP contribution in [0.4, 0.5) is 17.6 Å². The largest absolute Gasteiger partial charge is 0.494 e. The summed E-state index contributed by atoms with van der Waals surface area (Å²) in [7, 11) is -3.60. The van der Waals surface area contributed by atoms with Gasteiger partial charge in [-0.05, 0) is 35.7 Å². The van der Waals surface area contributed by atoms with Crippen LogP contribution in [0, 0.1) is 5.82 Å². The maximum Gasteiger partial charge on any atom is 0.419 e. The van der Waals surface area contributed by atoms with Crippen molar-refractivity contribution in [2.75, 3.05) is 26.0 Å². The molecule has 0 aliphatic heterocycles. The van der Waals surface area contributed by atoms with Gasteiger partial charge in [-0.15, -0.1) is 0 Å². The molecule has 11 heteroatoms. The Labute approximate surface area is 244 Å². The first-order valence-electron chi connectivity index (χ1n) is 13.4. The summed E-state index contributed by atoms with van der Waals surface area (Å²) in [6.07, 6.45) is -3.29. The maximum absolute atomic E-state index is 14.9. The summed E-state index contributed by atoms with van der Waals surface area (Å²) in [5.41, 5.74) is -0.286. The molecule has 0 aliphatic carbocycles. The molecule has 0 heterocycles. The first-order chi connectivity index (χ1) is 19.6. The zero-order valence-electron chi connectivity index (χ0n) is 24.1. The lowest BCUT2D eigenvalue weighted by molar-refractivity contribution is -0.140. The van der Waals surface area contributed by atoms with E-state index in [9.17, 15) is 30.8 Å². The first-order valence-corrected chi connectivity index (χ1v) is 15.3. The number of carbonyl (C=O) groups is 1. The highest BCUT2D eigenvalue weighted by Gasteiger charge is 2.35. The highest BCUT2D eigenvalue weighted by molar-refractivity contribution is 7.90. The maximum atomic E-state index is 14.9. The number of ether oxygens (including phenoxy) is 1. The van der Waals surface area contributed by atoms with E-state index in [4.69, 9.17) is 4.74 Å². The lowest BCUT2D eigenvalue weighted by Crippen LogP contribution is -2.38. The van der Waals surface area contributed by atoms with Gasteiger partial charge in [0.15, 0.2) is 9.84 Å². The topological polar surface area (TPSA) is 75.7 Å².